The highest BCUT2D eigenvalue weighted by atomic mass is 19.4. The summed E-state index contributed by atoms with van der Waals surface area (Å²) in [5.74, 6) is -1.95. The third kappa shape index (κ3) is 5.69. The molecule has 16 heteroatoms. The number of hydrogen-bond donors (Lipinski definition) is 1. The van der Waals surface area contributed by atoms with Crippen LogP contribution in [0, 0.1) is 11.3 Å². The van der Waals surface area contributed by atoms with Crippen molar-refractivity contribution in [3.05, 3.63) is 54.3 Å². The molecule has 240 valence electrons. The molecule has 3 fully saturated rings. The molecule has 0 spiro atoms. The second kappa shape index (κ2) is 11.7. The first kappa shape index (κ1) is 30.2. The zero-order valence-corrected chi connectivity index (χ0v) is 24.8. The lowest BCUT2D eigenvalue weighted by molar-refractivity contribution is -0.145. The van der Waals surface area contributed by atoms with Crippen LogP contribution in [0.3, 0.4) is 0 Å². The summed E-state index contributed by atoms with van der Waals surface area (Å²) >= 11 is 0. The average Bonchev–Trinajstić information content (AvgIpc) is 3.79. The van der Waals surface area contributed by atoms with Crippen LogP contribution in [0.2, 0.25) is 0 Å². The molecule has 0 aliphatic carbocycles. The number of aromatic nitrogens is 7. The van der Waals surface area contributed by atoms with E-state index < -0.39 is 29.6 Å². The lowest BCUT2D eigenvalue weighted by Gasteiger charge is -2.53. The third-order valence-electron chi connectivity index (χ3n) is 9.22. The maximum absolute atomic E-state index is 13.6. The monoisotopic (exact) mass is 637 g/mol. The molecule has 0 aromatic carbocycles. The second-order valence-electron chi connectivity index (χ2n) is 12.3. The van der Waals surface area contributed by atoms with Gasteiger partial charge in [0.2, 0.25) is 5.82 Å². The molecule has 3 aliphatic rings. The molecular weight excluding hydrogens is 606 g/mol. The highest BCUT2D eigenvalue weighted by Gasteiger charge is 2.48. The Labute approximate surface area is 261 Å². The SMILES string of the molecule is N#CCC1(n2cc(-c3ncnc4[nH]ccc34)cn2)CN(C2CCN(C(=O)c3cc(CN4CC[C@H](F)C4)nc(C(F)(F)F)n3)CC2)C1. The van der Waals surface area contributed by atoms with E-state index in [4.69, 9.17) is 0 Å². The van der Waals surface area contributed by atoms with E-state index in [-0.39, 0.29) is 36.9 Å². The van der Waals surface area contributed by atoms with Crippen molar-refractivity contribution in [2.45, 2.75) is 56.2 Å². The van der Waals surface area contributed by atoms with Crippen LogP contribution in [-0.4, -0.2) is 107 Å². The molecule has 7 heterocycles. The van der Waals surface area contributed by atoms with Gasteiger partial charge >= 0.3 is 6.18 Å². The summed E-state index contributed by atoms with van der Waals surface area (Å²) in [5, 5.41) is 15.2. The number of amides is 1. The first-order valence-corrected chi connectivity index (χ1v) is 15.2. The molecule has 46 heavy (non-hydrogen) atoms. The smallest absolute Gasteiger partial charge is 0.346 e. The van der Waals surface area contributed by atoms with Gasteiger partial charge in [-0.25, -0.2) is 24.3 Å². The molecule has 0 unspecified atom stereocenters. The average molecular weight is 638 g/mol. The number of nitrogens with one attached hydrogen (secondary N) is 1. The summed E-state index contributed by atoms with van der Waals surface area (Å²) in [6.07, 6.45) is 2.94. The second-order valence-corrected chi connectivity index (χ2v) is 12.3. The van der Waals surface area contributed by atoms with Crippen molar-refractivity contribution < 1.29 is 22.4 Å². The normalized spacial score (nSPS) is 21.0. The van der Waals surface area contributed by atoms with Gasteiger partial charge in [-0.15, -0.1) is 0 Å². The van der Waals surface area contributed by atoms with Crippen LogP contribution in [0.4, 0.5) is 17.6 Å². The van der Waals surface area contributed by atoms with Gasteiger partial charge in [0, 0.05) is 75.2 Å². The molecule has 0 bridgehead atoms. The molecule has 0 radical (unpaired) electrons. The van der Waals surface area contributed by atoms with Crippen molar-refractivity contribution >= 4 is 16.9 Å². The van der Waals surface area contributed by atoms with E-state index in [9.17, 15) is 27.6 Å². The molecule has 3 saturated heterocycles. The number of piperidine rings is 1. The summed E-state index contributed by atoms with van der Waals surface area (Å²) in [4.78, 5) is 37.8. The molecule has 4 aromatic heterocycles. The van der Waals surface area contributed by atoms with E-state index in [2.05, 4.69) is 41.0 Å². The molecular formula is C30H31F4N11O. The van der Waals surface area contributed by atoms with Gasteiger partial charge in [0.1, 0.15) is 29.4 Å². The minimum Gasteiger partial charge on any atom is -0.346 e. The first-order valence-electron chi connectivity index (χ1n) is 15.2. The Morgan fingerprint density at radius 3 is 2.65 bits per heavy atom. The van der Waals surface area contributed by atoms with Gasteiger partial charge < -0.3 is 9.88 Å². The lowest BCUT2D eigenvalue weighted by atomic mass is 9.83. The van der Waals surface area contributed by atoms with Crippen molar-refractivity contribution in [2.75, 3.05) is 39.3 Å². The zero-order chi connectivity index (χ0) is 32.1. The topological polar surface area (TPSA) is 136 Å². The molecule has 4 aromatic rings. The number of carbonyl (C=O) groups excluding carboxylic acids is 1. The number of likely N-dealkylation sites (tertiary alicyclic amines) is 3. The standard InChI is InChI=1S/C30H31F4N11O/c31-20-2-8-42(14-20)15-21-11-24(41-28(40-21)30(32,33)34)27(46)43-9-3-22(4-10-43)44-16-29(17-44,5-6-35)45-13-19(12-39-45)25-23-1-7-36-26(23)38-18-37-25/h1,7,11-13,18,20,22H,2-5,8-10,14-17H2,(H,36,37,38)/t20-/m0/s1. The highest BCUT2D eigenvalue weighted by Crippen LogP contribution is 2.37. The predicted molar refractivity (Wildman–Crippen MR) is 156 cm³/mol. The maximum Gasteiger partial charge on any atom is 0.451 e. The van der Waals surface area contributed by atoms with Gasteiger partial charge in [-0.05, 0) is 31.4 Å². The van der Waals surface area contributed by atoms with Crippen molar-refractivity contribution in [1.82, 2.24) is 49.4 Å². The number of carbonyl (C=O) groups is 1. The number of nitrogens with zero attached hydrogens (tertiary/aromatic N) is 10. The van der Waals surface area contributed by atoms with E-state index in [1.807, 2.05) is 16.9 Å². The number of H-pyrrole nitrogens is 1. The van der Waals surface area contributed by atoms with E-state index in [0.717, 1.165) is 22.3 Å². The van der Waals surface area contributed by atoms with E-state index in [0.29, 0.717) is 52.0 Å². The highest BCUT2D eigenvalue weighted by molar-refractivity contribution is 5.92. The number of nitriles is 1. The molecule has 3 aliphatic heterocycles. The van der Waals surface area contributed by atoms with Crippen molar-refractivity contribution in [1.29, 1.82) is 5.26 Å². The Morgan fingerprint density at radius 1 is 1.13 bits per heavy atom. The van der Waals surface area contributed by atoms with Gasteiger partial charge in [-0.3, -0.25) is 19.3 Å². The Bertz CT molecular complexity index is 1780. The number of hydrogen-bond acceptors (Lipinski definition) is 9. The number of fused-ring (bicyclic) bond motifs is 1. The van der Waals surface area contributed by atoms with Crippen molar-refractivity contribution in [3.8, 4) is 17.3 Å². The molecule has 0 saturated carbocycles. The number of aromatic amines is 1. The fraction of sp³-hybridized carbons (Fsp3) is 0.500. The van der Waals surface area contributed by atoms with Gasteiger partial charge in [0.05, 0.1) is 30.1 Å². The summed E-state index contributed by atoms with van der Waals surface area (Å²) in [6, 6.07) is 5.65. The zero-order valence-electron chi connectivity index (χ0n) is 24.8. The summed E-state index contributed by atoms with van der Waals surface area (Å²) < 4.78 is 56.4. The van der Waals surface area contributed by atoms with Crippen LogP contribution < -0.4 is 0 Å². The third-order valence-corrected chi connectivity index (χ3v) is 9.22. The largest absolute Gasteiger partial charge is 0.451 e. The molecule has 1 amide bonds. The van der Waals surface area contributed by atoms with Gasteiger partial charge in [-0.2, -0.15) is 23.5 Å². The number of alkyl halides is 4. The summed E-state index contributed by atoms with van der Waals surface area (Å²) in [6.45, 7) is 2.46. The summed E-state index contributed by atoms with van der Waals surface area (Å²) in [7, 11) is 0. The molecule has 7 rings (SSSR count). The van der Waals surface area contributed by atoms with E-state index in [1.165, 1.54) is 17.3 Å². The molecule has 1 atom stereocenters. The number of rotatable bonds is 7. The van der Waals surface area contributed by atoms with Crippen LogP contribution in [0.5, 0.6) is 0 Å². The Balaban J connectivity index is 1.00. The van der Waals surface area contributed by atoms with Crippen LogP contribution in [0.1, 0.15) is 47.7 Å². The van der Waals surface area contributed by atoms with Gasteiger partial charge in [0.15, 0.2) is 0 Å². The Kier molecular flexibility index (Phi) is 7.68. The van der Waals surface area contributed by atoms with E-state index >= 15 is 0 Å². The van der Waals surface area contributed by atoms with E-state index in [1.54, 1.807) is 17.3 Å². The minimum atomic E-state index is -4.82. The van der Waals surface area contributed by atoms with Crippen molar-refractivity contribution in [2.24, 2.45) is 0 Å². The fourth-order valence-corrected chi connectivity index (χ4v) is 6.83. The maximum atomic E-state index is 13.6. The van der Waals surface area contributed by atoms with Crippen LogP contribution in [-0.2, 0) is 18.3 Å². The molecule has 12 nitrogen and oxygen atoms in total. The number of halogens is 4. The minimum absolute atomic E-state index is 0.0149. The van der Waals surface area contributed by atoms with Crippen LogP contribution >= 0.6 is 0 Å². The Hall–Kier alpha value is -4.49. The van der Waals surface area contributed by atoms with Crippen LogP contribution in [0.15, 0.2) is 37.1 Å². The van der Waals surface area contributed by atoms with Gasteiger partial charge in [0.25, 0.3) is 5.91 Å². The summed E-state index contributed by atoms with van der Waals surface area (Å²) in [5.41, 5.74) is 1.53. The fourth-order valence-electron chi connectivity index (χ4n) is 6.83. The Morgan fingerprint density at radius 2 is 1.93 bits per heavy atom. The van der Waals surface area contributed by atoms with Gasteiger partial charge in [-0.1, -0.05) is 0 Å². The quantitative estimate of drug-likeness (QED) is 0.303. The van der Waals surface area contributed by atoms with Crippen LogP contribution in [0.25, 0.3) is 22.3 Å². The first-order chi connectivity index (χ1) is 22.1. The predicted octanol–water partition coefficient (Wildman–Crippen LogP) is 3.40. The van der Waals surface area contributed by atoms with Crippen molar-refractivity contribution in [3.63, 3.8) is 0 Å². The lowest BCUT2D eigenvalue weighted by Crippen LogP contribution is -2.66. The molecule has 1 N–H and O–H groups in total.